The van der Waals surface area contributed by atoms with Gasteiger partial charge in [0, 0.05) is 42.2 Å². The highest BCUT2D eigenvalue weighted by Crippen LogP contribution is 2.44. The van der Waals surface area contributed by atoms with Crippen molar-refractivity contribution in [2.75, 3.05) is 13.2 Å². The second kappa shape index (κ2) is 17.2. The first kappa shape index (κ1) is 40.3. The second-order valence-corrected chi connectivity index (χ2v) is 13.0. The number of alkyl halides is 6. The molecule has 0 aliphatic carbocycles. The molecule has 0 fully saturated rings. The van der Waals surface area contributed by atoms with Crippen molar-refractivity contribution in [2.45, 2.75) is 43.4 Å². The highest BCUT2D eigenvalue weighted by atomic mass is 19.4. The Bertz CT molecular complexity index is 2230. The summed E-state index contributed by atoms with van der Waals surface area (Å²) in [5.41, 5.74) is 12.3. The van der Waals surface area contributed by atoms with Gasteiger partial charge in [0.1, 0.15) is 5.75 Å². The molecular weight excluding hydrogens is 754 g/mol. The third-order valence-electron chi connectivity index (χ3n) is 9.10. The smallest absolute Gasteiger partial charge is 0.416 e. The van der Waals surface area contributed by atoms with Crippen LogP contribution >= 0.6 is 0 Å². The van der Waals surface area contributed by atoms with Crippen LogP contribution in [0.3, 0.4) is 0 Å². The van der Waals surface area contributed by atoms with Crippen molar-refractivity contribution in [3.05, 3.63) is 165 Å². The number of benzene rings is 5. The molecule has 1 aliphatic heterocycles. The summed E-state index contributed by atoms with van der Waals surface area (Å²) in [6.07, 6.45) is -11.1. The van der Waals surface area contributed by atoms with E-state index in [0.717, 1.165) is 11.1 Å². The fourth-order valence-corrected chi connectivity index (χ4v) is 6.32. The van der Waals surface area contributed by atoms with Crippen LogP contribution in [0.2, 0.25) is 0 Å². The molecule has 0 bridgehead atoms. The maximum absolute atomic E-state index is 14.7. The fraction of sp³-hybridized carbons (Fsp3) is 0.220. The van der Waals surface area contributed by atoms with E-state index in [2.05, 4.69) is 20.9 Å². The SMILES string of the molecule is [N-]=[N+]=Nc1ccccc1C[C@]1(C(=O)NNCc2cc(C(F)(F)F)cc(C(F)(F)F)c2)N=C(c2ccc(OCCCO)cc2)O[C@H]1c1ccc(-c2ccccc2)cc1. The van der Waals surface area contributed by atoms with Gasteiger partial charge in [0.2, 0.25) is 5.90 Å². The molecule has 5 aromatic carbocycles. The van der Waals surface area contributed by atoms with Crippen LogP contribution in [0.25, 0.3) is 21.6 Å². The van der Waals surface area contributed by atoms with E-state index in [1.807, 2.05) is 42.5 Å². The maximum atomic E-state index is 14.7. The molecule has 1 aliphatic rings. The lowest BCUT2D eigenvalue weighted by molar-refractivity contribution is -0.143. The number of rotatable bonds is 14. The summed E-state index contributed by atoms with van der Waals surface area (Å²) in [5, 5.41) is 12.9. The summed E-state index contributed by atoms with van der Waals surface area (Å²) in [4.78, 5) is 22.5. The number of hydrazine groups is 1. The first-order valence-electron chi connectivity index (χ1n) is 17.5. The zero-order valence-corrected chi connectivity index (χ0v) is 29.9. The molecule has 0 spiro atoms. The summed E-state index contributed by atoms with van der Waals surface area (Å²) in [6, 6.07) is 31.0. The summed E-state index contributed by atoms with van der Waals surface area (Å²) in [7, 11) is 0. The number of ether oxygens (including phenoxy) is 2. The van der Waals surface area contributed by atoms with E-state index in [-0.39, 0.29) is 37.3 Å². The molecule has 294 valence electrons. The average molecular weight is 789 g/mol. The van der Waals surface area contributed by atoms with Gasteiger partial charge in [-0.3, -0.25) is 10.2 Å². The number of hydrogen-bond acceptors (Lipinski definition) is 7. The predicted octanol–water partition coefficient (Wildman–Crippen LogP) is 9.41. The van der Waals surface area contributed by atoms with Crippen molar-refractivity contribution in [1.29, 1.82) is 0 Å². The molecule has 1 heterocycles. The van der Waals surface area contributed by atoms with Gasteiger partial charge in [-0.05, 0) is 75.8 Å². The minimum Gasteiger partial charge on any atom is -0.494 e. The lowest BCUT2D eigenvalue weighted by Crippen LogP contribution is -2.53. The van der Waals surface area contributed by atoms with Crippen LogP contribution in [0.5, 0.6) is 5.75 Å². The molecule has 0 unspecified atom stereocenters. The summed E-state index contributed by atoms with van der Waals surface area (Å²) >= 11 is 0. The van der Waals surface area contributed by atoms with Gasteiger partial charge in [0.05, 0.1) is 17.7 Å². The molecule has 6 rings (SSSR count). The number of aliphatic hydroxyl groups is 1. The van der Waals surface area contributed by atoms with E-state index in [4.69, 9.17) is 19.6 Å². The standard InChI is InChI=1S/C41H34F6N6O4/c42-40(43,44)32-21-26(22-33(23-32)41(45,46)47)25-49-52-38(55)39(24-31-9-4-5-10-35(31)51-53-48)36(29-13-11-28(12-14-29)27-7-2-1-3-8-27)57-37(50-39)30-15-17-34(18-16-30)56-20-6-19-54/h1-5,7-18,21-23,36,49,54H,6,19-20,24-25H2,(H,52,55)/t36-,39-/m0/s1. The third kappa shape index (κ3) is 9.55. The van der Waals surface area contributed by atoms with Crippen molar-refractivity contribution < 1.29 is 45.7 Å². The average Bonchev–Trinajstić information content (AvgIpc) is 3.59. The molecule has 10 nitrogen and oxygen atoms in total. The second-order valence-electron chi connectivity index (χ2n) is 13.0. The molecule has 0 saturated carbocycles. The van der Waals surface area contributed by atoms with E-state index in [0.29, 0.717) is 41.0 Å². The lowest BCUT2D eigenvalue weighted by Gasteiger charge is -2.31. The van der Waals surface area contributed by atoms with Crippen LogP contribution in [0.1, 0.15) is 45.9 Å². The fourth-order valence-electron chi connectivity index (χ4n) is 6.32. The molecular formula is C41H34F6N6O4. The van der Waals surface area contributed by atoms with Crippen molar-refractivity contribution in [3.63, 3.8) is 0 Å². The summed E-state index contributed by atoms with van der Waals surface area (Å²) in [6.45, 7) is -0.407. The zero-order valence-electron chi connectivity index (χ0n) is 29.9. The Morgan fingerprint density at radius 2 is 1.46 bits per heavy atom. The quantitative estimate of drug-likeness (QED) is 0.0257. The Morgan fingerprint density at radius 3 is 2.09 bits per heavy atom. The largest absolute Gasteiger partial charge is 0.494 e. The Kier molecular flexibility index (Phi) is 12.2. The van der Waals surface area contributed by atoms with E-state index < -0.39 is 53.1 Å². The van der Waals surface area contributed by atoms with Crippen molar-refractivity contribution in [3.8, 4) is 16.9 Å². The van der Waals surface area contributed by atoms with Crippen LogP contribution in [0, 0.1) is 0 Å². The number of nitrogens with zero attached hydrogens (tertiary/aromatic N) is 4. The van der Waals surface area contributed by atoms with Crippen molar-refractivity contribution in [1.82, 2.24) is 10.9 Å². The minimum atomic E-state index is -5.07. The van der Waals surface area contributed by atoms with E-state index in [9.17, 15) is 36.7 Å². The van der Waals surface area contributed by atoms with E-state index in [1.54, 1.807) is 60.7 Å². The van der Waals surface area contributed by atoms with Gasteiger partial charge in [0.15, 0.2) is 11.6 Å². The number of aliphatic hydroxyl groups excluding tert-OH is 1. The molecule has 2 atom stereocenters. The predicted molar refractivity (Wildman–Crippen MR) is 199 cm³/mol. The van der Waals surface area contributed by atoms with Gasteiger partial charge in [-0.25, -0.2) is 10.4 Å². The van der Waals surface area contributed by atoms with Gasteiger partial charge in [-0.15, -0.1) is 0 Å². The molecule has 0 aromatic heterocycles. The van der Waals surface area contributed by atoms with Gasteiger partial charge in [0.25, 0.3) is 5.91 Å². The van der Waals surface area contributed by atoms with Crippen LogP contribution in [-0.2, 0) is 34.8 Å². The minimum absolute atomic E-state index is 0.0196. The number of halogens is 6. The topological polar surface area (TPSA) is 141 Å². The molecule has 0 saturated heterocycles. The zero-order chi connectivity index (χ0) is 40.6. The Hall–Kier alpha value is -6.35. The first-order chi connectivity index (χ1) is 27.3. The molecule has 16 heteroatoms. The highest BCUT2D eigenvalue weighted by Gasteiger charge is 2.53. The number of carbonyl (C=O) groups excluding carboxylic acids is 1. The first-order valence-corrected chi connectivity index (χ1v) is 17.5. The normalized spacial score (nSPS) is 16.6. The molecule has 57 heavy (non-hydrogen) atoms. The van der Waals surface area contributed by atoms with E-state index in [1.165, 1.54) is 0 Å². The van der Waals surface area contributed by atoms with Gasteiger partial charge >= 0.3 is 12.4 Å². The maximum Gasteiger partial charge on any atom is 0.416 e. The molecule has 5 aromatic rings. The monoisotopic (exact) mass is 788 g/mol. The van der Waals surface area contributed by atoms with Gasteiger partial charge in [-0.2, -0.15) is 26.3 Å². The van der Waals surface area contributed by atoms with E-state index >= 15 is 0 Å². The Morgan fingerprint density at radius 1 is 0.842 bits per heavy atom. The number of azide groups is 1. The number of aliphatic imine (C=N–C) groups is 1. The Balaban J connectivity index is 1.41. The molecule has 1 amide bonds. The van der Waals surface area contributed by atoms with Gasteiger partial charge < -0.3 is 14.6 Å². The number of nitrogens with one attached hydrogen (secondary N) is 2. The van der Waals surface area contributed by atoms with Crippen LogP contribution < -0.4 is 15.6 Å². The van der Waals surface area contributed by atoms with Crippen LogP contribution in [-0.4, -0.2) is 35.7 Å². The highest BCUT2D eigenvalue weighted by molar-refractivity contribution is 6.01. The number of carbonyl (C=O) groups is 1. The Labute approximate surface area is 322 Å². The van der Waals surface area contributed by atoms with Crippen LogP contribution in [0.15, 0.2) is 131 Å². The summed E-state index contributed by atoms with van der Waals surface area (Å²) < 4.78 is 93.8. The lowest BCUT2D eigenvalue weighted by atomic mass is 9.81. The number of amides is 1. The summed E-state index contributed by atoms with van der Waals surface area (Å²) in [5.74, 6) is -0.311. The molecule has 0 radical (unpaired) electrons. The third-order valence-corrected chi connectivity index (χ3v) is 9.10. The molecule has 3 N–H and O–H groups in total. The number of hydrogen-bond donors (Lipinski definition) is 3. The van der Waals surface area contributed by atoms with Gasteiger partial charge in [-0.1, -0.05) is 84.0 Å². The van der Waals surface area contributed by atoms with Crippen LogP contribution in [0.4, 0.5) is 32.0 Å². The van der Waals surface area contributed by atoms with Crippen molar-refractivity contribution >= 4 is 17.5 Å². The van der Waals surface area contributed by atoms with Crippen molar-refractivity contribution in [2.24, 2.45) is 10.1 Å².